The van der Waals surface area contributed by atoms with E-state index in [2.05, 4.69) is 9.97 Å². The summed E-state index contributed by atoms with van der Waals surface area (Å²) in [6.45, 7) is 0.696. The minimum atomic E-state index is -1.17. The van der Waals surface area contributed by atoms with E-state index < -0.39 is 11.6 Å². The highest BCUT2D eigenvalue weighted by Crippen LogP contribution is 2.38. The number of carbonyl (C=O) groups is 1. The van der Waals surface area contributed by atoms with Crippen molar-refractivity contribution in [3.63, 3.8) is 0 Å². The van der Waals surface area contributed by atoms with Crippen LogP contribution in [0.2, 0.25) is 0 Å². The number of aliphatic hydroxyl groups is 1. The van der Waals surface area contributed by atoms with Crippen LogP contribution in [0.1, 0.15) is 16.1 Å². The van der Waals surface area contributed by atoms with Crippen LogP contribution >= 0.6 is 0 Å². The third-order valence-corrected chi connectivity index (χ3v) is 5.51. The highest BCUT2D eigenvalue weighted by molar-refractivity contribution is 5.91. The third-order valence-electron chi connectivity index (χ3n) is 5.51. The molecule has 3 heterocycles. The van der Waals surface area contributed by atoms with Gasteiger partial charge in [0.2, 0.25) is 0 Å². The summed E-state index contributed by atoms with van der Waals surface area (Å²) in [4.78, 5) is 27.5. The molecule has 0 spiro atoms. The molecular formula is C24H20N4O3. The number of para-hydroxylation sites is 1. The molecule has 0 radical (unpaired) electrons. The fourth-order valence-electron chi connectivity index (χ4n) is 3.93. The average molecular weight is 412 g/mol. The molecule has 2 aromatic carbocycles. The monoisotopic (exact) mass is 412 g/mol. The SMILES string of the molecule is COC(=O)c1cccc(-c2nccnc2C2(O)CN(c3ccc4ccccc4n3)C2)c1. The highest BCUT2D eigenvalue weighted by Gasteiger charge is 2.46. The highest BCUT2D eigenvalue weighted by atomic mass is 16.5. The van der Waals surface area contributed by atoms with Gasteiger partial charge in [-0.3, -0.25) is 9.97 Å². The Morgan fingerprint density at radius 1 is 1.03 bits per heavy atom. The van der Waals surface area contributed by atoms with Crippen molar-refractivity contribution in [3.05, 3.63) is 84.3 Å². The van der Waals surface area contributed by atoms with Gasteiger partial charge < -0.3 is 14.7 Å². The summed E-state index contributed by atoms with van der Waals surface area (Å²) in [6.07, 6.45) is 3.15. The minimum absolute atomic E-state index is 0.348. The molecule has 7 heteroatoms. The fraction of sp³-hybridized carbons (Fsp3) is 0.167. The van der Waals surface area contributed by atoms with Crippen LogP contribution in [0.5, 0.6) is 0 Å². The second-order valence-corrected chi connectivity index (χ2v) is 7.58. The van der Waals surface area contributed by atoms with Crippen LogP contribution in [-0.2, 0) is 10.3 Å². The van der Waals surface area contributed by atoms with Gasteiger partial charge in [0.05, 0.1) is 37.0 Å². The maximum absolute atomic E-state index is 11.9. The Morgan fingerprint density at radius 3 is 2.68 bits per heavy atom. The molecule has 5 rings (SSSR count). The van der Waals surface area contributed by atoms with Crippen LogP contribution in [0.15, 0.2) is 73.1 Å². The number of β-amino-alcohol motifs (C(OH)–C–C–N with tert-alkyl or cyclic N) is 1. The van der Waals surface area contributed by atoms with Crippen molar-refractivity contribution in [1.29, 1.82) is 0 Å². The average Bonchev–Trinajstić information content (AvgIpc) is 2.81. The van der Waals surface area contributed by atoms with Gasteiger partial charge in [0.1, 0.15) is 17.1 Å². The van der Waals surface area contributed by atoms with Crippen LogP contribution in [0.3, 0.4) is 0 Å². The van der Waals surface area contributed by atoms with Crippen molar-refractivity contribution in [3.8, 4) is 11.3 Å². The Kier molecular flexibility index (Phi) is 4.60. The molecule has 154 valence electrons. The first-order valence-corrected chi connectivity index (χ1v) is 9.91. The van der Waals surface area contributed by atoms with Gasteiger partial charge in [-0.15, -0.1) is 0 Å². The van der Waals surface area contributed by atoms with Gasteiger partial charge in [-0.05, 0) is 30.3 Å². The lowest BCUT2D eigenvalue weighted by Gasteiger charge is -2.47. The largest absolute Gasteiger partial charge is 0.465 e. The molecular weight excluding hydrogens is 392 g/mol. The first-order valence-electron chi connectivity index (χ1n) is 9.91. The molecule has 0 unspecified atom stereocenters. The van der Waals surface area contributed by atoms with Gasteiger partial charge in [-0.1, -0.05) is 30.3 Å². The standard InChI is InChI=1S/C24H20N4O3/c1-31-23(29)18-7-4-6-17(13-18)21-22(26-12-11-25-21)24(30)14-28(15-24)20-10-9-16-5-2-3-8-19(16)27-20/h2-13,30H,14-15H2,1H3. The normalized spacial score (nSPS) is 14.8. The van der Waals surface area contributed by atoms with Crippen molar-refractivity contribution >= 4 is 22.7 Å². The smallest absolute Gasteiger partial charge is 0.337 e. The Morgan fingerprint density at radius 2 is 1.84 bits per heavy atom. The number of fused-ring (bicyclic) bond motifs is 1. The number of carbonyl (C=O) groups excluding carboxylic acids is 1. The number of aromatic nitrogens is 3. The fourth-order valence-corrected chi connectivity index (χ4v) is 3.93. The topological polar surface area (TPSA) is 88.4 Å². The van der Waals surface area contributed by atoms with Gasteiger partial charge in [-0.2, -0.15) is 0 Å². The number of methoxy groups -OCH3 is 1. The maximum Gasteiger partial charge on any atom is 0.337 e. The van der Waals surface area contributed by atoms with Crippen LogP contribution < -0.4 is 4.90 Å². The molecule has 1 aliphatic rings. The molecule has 1 aliphatic heterocycles. The predicted molar refractivity (Wildman–Crippen MR) is 117 cm³/mol. The number of hydrogen-bond donors (Lipinski definition) is 1. The predicted octanol–water partition coefficient (Wildman–Crippen LogP) is 3.19. The molecule has 1 N–H and O–H groups in total. The molecule has 2 aromatic heterocycles. The molecule has 0 atom stereocenters. The Balaban J connectivity index is 1.45. The first kappa shape index (κ1) is 19.1. The van der Waals surface area contributed by atoms with E-state index in [1.807, 2.05) is 47.4 Å². The van der Waals surface area contributed by atoms with Gasteiger partial charge in [0.25, 0.3) is 0 Å². The number of esters is 1. The van der Waals surface area contributed by atoms with E-state index in [-0.39, 0.29) is 0 Å². The van der Waals surface area contributed by atoms with Crippen LogP contribution in [0, 0.1) is 0 Å². The number of benzene rings is 2. The molecule has 4 aromatic rings. The van der Waals surface area contributed by atoms with E-state index in [0.717, 1.165) is 16.7 Å². The van der Waals surface area contributed by atoms with Crippen LogP contribution in [-0.4, -0.2) is 46.2 Å². The Bertz CT molecular complexity index is 1280. The van der Waals surface area contributed by atoms with E-state index in [1.165, 1.54) is 7.11 Å². The quantitative estimate of drug-likeness (QED) is 0.515. The van der Waals surface area contributed by atoms with Gasteiger partial charge in [0, 0.05) is 23.3 Å². The number of nitrogens with zero attached hydrogens (tertiary/aromatic N) is 4. The van der Waals surface area contributed by atoms with Crippen molar-refractivity contribution in [1.82, 2.24) is 15.0 Å². The van der Waals surface area contributed by atoms with Crippen LogP contribution in [0.4, 0.5) is 5.82 Å². The molecule has 0 bridgehead atoms. The zero-order valence-corrected chi connectivity index (χ0v) is 16.9. The lowest BCUT2D eigenvalue weighted by atomic mass is 9.87. The first-order chi connectivity index (χ1) is 15.1. The van der Waals surface area contributed by atoms with Crippen molar-refractivity contribution in [2.45, 2.75) is 5.60 Å². The summed E-state index contributed by atoms with van der Waals surface area (Å²) >= 11 is 0. The summed E-state index contributed by atoms with van der Waals surface area (Å²) in [5.41, 5.74) is 1.88. The summed E-state index contributed by atoms with van der Waals surface area (Å²) < 4.78 is 4.81. The van der Waals surface area contributed by atoms with Crippen LogP contribution in [0.25, 0.3) is 22.2 Å². The Labute approximate surface area is 179 Å². The molecule has 0 saturated carbocycles. The second kappa shape index (κ2) is 7.45. The van der Waals surface area contributed by atoms with Crippen molar-refractivity contribution in [2.24, 2.45) is 0 Å². The van der Waals surface area contributed by atoms with Crippen molar-refractivity contribution < 1.29 is 14.6 Å². The number of hydrogen-bond acceptors (Lipinski definition) is 7. The van der Waals surface area contributed by atoms with Gasteiger partial charge in [0.15, 0.2) is 0 Å². The zero-order chi connectivity index (χ0) is 21.4. The number of pyridine rings is 1. The summed E-state index contributed by atoms with van der Waals surface area (Å²) in [6, 6.07) is 18.9. The summed E-state index contributed by atoms with van der Waals surface area (Å²) in [5, 5.41) is 12.4. The summed E-state index contributed by atoms with van der Waals surface area (Å²) in [5.74, 6) is 0.379. The second-order valence-electron chi connectivity index (χ2n) is 7.58. The van der Waals surface area contributed by atoms with Crippen molar-refractivity contribution in [2.75, 3.05) is 25.1 Å². The molecule has 1 fully saturated rings. The zero-order valence-electron chi connectivity index (χ0n) is 16.9. The summed E-state index contributed by atoms with van der Waals surface area (Å²) in [7, 11) is 1.34. The molecule has 7 nitrogen and oxygen atoms in total. The van der Waals surface area contributed by atoms with E-state index in [4.69, 9.17) is 9.72 Å². The van der Waals surface area contributed by atoms with E-state index >= 15 is 0 Å². The number of ether oxygens (including phenoxy) is 1. The number of rotatable bonds is 4. The van der Waals surface area contributed by atoms with E-state index in [1.54, 1.807) is 30.6 Å². The lowest BCUT2D eigenvalue weighted by molar-refractivity contribution is 0.00325. The third kappa shape index (κ3) is 3.39. The van der Waals surface area contributed by atoms with E-state index in [9.17, 15) is 9.90 Å². The molecule has 1 saturated heterocycles. The molecule has 0 amide bonds. The minimum Gasteiger partial charge on any atom is -0.465 e. The Hall–Kier alpha value is -3.84. The maximum atomic E-state index is 11.9. The van der Waals surface area contributed by atoms with Gasteiger partial charge in [-0.25, -0.2) is 9.78 Å². The van der Waals surface area contributed by atoms with Gasteiger partial charge >= 0.3 is 5.97 Å². The molecule has 0 aliphatic carbocycles. The van der Waals surface area contributed by atoms with E-state index in [0.29, 0.717) is 35.6 Å². The lowest BCUT2D eigenvalue weighted by Crippen LogP contribution is -2.60. The molecule has 31 heavy (non-hydrogen) atoms. The number of anilines is 1.